The Kier molecular flexibility index (Phi) is 12.7. The first-order valence-electron chi connectivity index (χ1n) is 17.5. The van der Waals surface area contributed by atoms with Gasteiger partial charge in [-0.25, -0.2) is 4.79 Å². The zero-order valence-electron chi connectivity index (χ0n) is 31.7. The SMILES string of the molecule is CO[C@H]1/C=C/O[C@@]2(C)Oc3c(C)c(O)c4c(O)c(cc(OCC(=O)O)c4c3C2=O)NC(=O)/C(C)=C\C=C\[C@H](C)[C@H](O)[C@@H](C)[C@@H](O)[C@H](C)[C@H](OC(C)=O)[C@H]1C. The van der Waals surface area contributed by atoms with Gasteiger partial charge in [-0.15, -0.1) is 0 Å². The minimum absolute atomic E-state index is 0.0301. The lowest BCUT2D eigenvalue weighted by Crippen LogP contribution is -2.46. The van der Waals surface area contributed by atoms with E-state index in [4.69, 9.17) is 23.7 Å². The largest absolute Gasteiger partial charge is 0.507 e. The molecule has 1 amide bonds. The summed E-state index contributed by atoms with van der Waals surface area (Å²) in [4.78, 5) is 51.3. The first-order chi connectivity index (χ1) is 25.2. The molecule has 3 aliphatic rings. The molecule has 0 unspecified atom stereocenters. The molecule has 6 N–H and O–H groups in total. The molecule has 2 aromatic rings. The topological polar surface area (TPSA) is 228 Å². The summed E-state index contributed by atoms with van der Waals surface area (Å²) in [6.07, 6.45) is 3.37. The Balaban J connectivity index is 1.93. The fourth-order valence-electron chi connectivity index (χ4n) is 6.89. The highest BCUT2D eigenvalue weighted by Gasteiger charge is 2.49. The van der Waals surface area contributed by atoms with E-state index in [0.717, 1.165) is 6.07 Å². The molecule has 15 nitrogen and oxygen atoms in total. The van der Waals surface area contributed by atoms with Crippen LogP contribution in [0.3, 0.4) is 0 Å². The first kappa shape index (κ1) is 41.6. The van der Waals surface area contributed by atoms with Crippen molar-refractivity contribution in [1.29, 1.82) is 0 Å². The average Bonchev–Trinajstić information content (AvgIpc) is 3.38. The van der Waals surface area contributed by atoms with Gasteiger partial charge in [0, 0.05) is 67.2 Å². The van der Waals surface area contributed by atoms with Gasteiger partial charge in [-0.2, -0.15) is 0 Å². The van der Waals surface area contributed by atoms with Gasteiger partial charge in [-0.05, 0) is 19.9 Å². The molecule has 9 atom stereocenters. The lowest BCUT2D eigenvalue weighted by molar-refractivity contribution is -0.160. The number of aliphatic hydroxyl groups excluding tert-OH is 2. The van der Waals surface area contributed by atoms with E-state index in [1.165, 1.54) is 53.2 Å². The average molecular weight is 756 g/mol. The fraction of sp³-hybridized carbons (Fsp3) is 0.487. The molecule has 0 fully saturated rings. The predicted octanol–water partition coefficient (Wildman–Crippen LogP) is 4.51. The number of methoxy groups -OCH3 is 1. The van der Waals surface area contributed by atoms with Crippen molar-refractivity contribution >= 4 is 40.1 Å². The lowest BCUT2D eigenvalue weighted by Gasteiger charge is -2.38. The van der Waals surface area contributed by atoms with Gasteiger partial charge in [0.25, 0.3) is 11.7 Å². The lowest BCUT2D eigenvalue weighted by atomic mass is 9.78. The second-order valence-electron chi connectivity index (χ2n) is 14.1. The number of aliphatic carboxylic acids is 1. The van der Waals surface area contributed by atoms with E-state index in [9.17, 15) is 44.7 Å². The van der Waals surface area contributed by atoms with Crippen LogP contribution in [0.1, 0.15) is 64.4 Å². The maximum absolute atomic E-state index is 14.2. The number of benzene rings is 2. The van der Waals surface area contributed by atoms with Gasteiger partial charge in [0.15, 0.2) is 12.4 Å². The summed E-state index contributed by atoms with van der Waals surface area (Å²) in [6, 6.07) is 1.13. The molecule has 5 rings (SSSR count). The molecule has 5 bridgehead atoms. The van der Waals surface area contributed by atoms with E-state index in [1.54, 1.807) is 39.8 Å². The van der Waals surface area contributed by atoms with Gasteiger partial charge < -0.3 is 54.5 Å². The number of phenolic OH excluding ortho intramolecular Hbond substituents is 2. The summed E-state index contributed by atoms with van der Waals surface area (Å²) in [5.41, 5.74) is -0.251. The fourth-order valence-corrected chi connectivity index (χ4v) is 6.89. The second-order valence-corrected chi connectivity index (χ2v) is 14.1. The number of Topliss-reactive ketones (excluding diaryl/α,β-unsaturated/α-hetero) is 1. The molecule has 3 aliphatic heterocycles. The Bertz CT molecular complexity index is 1900. The van der Waals surface area contributed by atoms with Crippen molar-refractivity contribution in [1.82, 2.24) is 0 Å². The van der Waals surface area contributed by atoms with Gasteiger partial charge >= 0.3 is 17.7 Å². The minimum Gasteiger partial charge on any atom is -0.507 e. The number of aromatic hydroxyl groups is 2. The maximum atomic E-state index is 14.2. The molecular weight excluding hydrogens is 706 g/mol. The van der Waals surface area contributed by atoms with Crippen molar-refractivity contribution in [3.05, 3.63) is 53.3 Å². The zero-order chi connectivity index (χ0) is 40.4. The number of amides is 1. The van der Waals surface area contributed by atoms with E-state index >= 15 is 0 Å². The summed E-state index contributed by atoms with van der Waals surface area (Å²) in [5.74, 6) is -9.54. The number of carboxylic acid groups (broad SMARTS) is 1. The monoisotopic (exact) mass is 755 g/mol. The highest BCUT2D eigenvalue weighted by molar-refractivity contribution is 6.21. The van der Waals surface area contributed by atoms with Crippen molar-refractivity contribution in [3.8, 4) is 23.0 Å². The molecule has 2 aromatic carbocycles. The Morgan fingerprint density at radius 1 is 0.963 bits per heavy atom. The number of carbonyl (C=O) groups excluding carboxylic acids is 3. The van der Waals surface area contributed by atoms with Crippen LogP contribution < -0.4 is 14.8 Å². The van der Waals surface area contributed by atoms with Crippen LogP contribution >= 0.6 is 0 Å². The number of aliphatic hydroxyl groups is 2. The molecule has 294 valence electrons. The van der Waals surface area contributed by atoms with Crippen LogP contribution in [0.5, 0.6) is 23.0 Å². The van der Waals surface area contributed by atoms with Crippen molar-refractivity contribution in [3.63, 3.8) is 0 Å². The van der Waals surface area contributed by atoms with Gasteiger partial charge in [0.1, 0.15) is 23.4 Å². The number of carboxylic acids is 1. The van der Waals surface area contributed by atoms with Crippen LogP contribution in [0.4, 0.5) is 5.69 Å². The number of ketones is 1. The third kappa shape index (κ3) is 8.17. The van der Waals surface area contributed by atoms with Crippen molar-refractivity contribution in [2.24, 2.45) is 23.7 Å². The van der Waals surface area contributed by atoms with Gasteiger partial charge in [-0.3, -0.25) is 14.4 Å². The van der Waals surface area contributed by atoms with Crippen LogP contribution in [0.2, 0.25) is 0 Å². The Labute approximate surface area is 312 Å². The Morgan fingerprint density at radius 3 is 2.24 bits per heavy atom. The number of carbonyl (C=O) groups is 4. The number of rotatable bonds is 5. The molecule has 0 saturated heterocycles. The number of hydrogen-bond donors (Lipinski definition) is 6. The van der Waals surface area contributed by atoms with E-state index in [1.807, 2.05) is 0 Å². The summed E-state index contributed by atoms with van der Waals surface area (Å²) in [7, 11) is 1.41. The molecular formula is C39H49NO14. The highest BCUT2D eigenvalue weighted by Crippen LogP contribution is 2.54. The highest BCUT2D eigenvalue weighted by atomic mass is 16.7. The van der Waals surface area contributed by atoms with Crippen molar-refractivity contribution in [2.45, 2.75) is 85.6 Å². The van der Waals surface area contributed by atoms with E-state index in [0.29, 0.717) is 0 Å². The van der Waals surface area contributed by atoms with Crippen molar-refractivity contribution in [2.75, 3.05) is 19.0 Å². The van der Waals surface area contributed by atoms with Gasteiger partial charge in [0.05, 0.1) is 41.2 Å². The smallest absolute Gasteiger partial charge is 0.341 e. The molecule has 0 radical (unpaired) electrons. The van der Waals surface area contributed by atoms with Crippen LogP contribution in [-0.4, -0.2) is 93.1 Å². The number of anilines is 1. The van der Waals surface area contributed by atoms with E-state index < -0.39 is 95.6 Å². The molecule has 0 saturated carbocycles. The molecule has 0 aromatic heterocycles. The number of phenols is 2. The van der Waals surface area contributed by atoms with Gasteiger partial charge in [-0.1, -0.05) is 45.9 Å². The third-order valence-electron chi connectivity index (χ3n) is 10.2. The van der Waals surface area contributed by atoms with Crippen LogP contribution in [0.25, 0.3) is 10.8 Å². The first-order valence-corrected chi connectivity index (χ1v) is 17.5. The number of hydrogen-bond acceptors (Lipinski definition) is 13. The molecule has 15 heteroatoms. The summed E-state index contributed by atoms with van der Waals surface area (Å²) in [6.45, 7) is 11.4. The van der Waals surface area contributed by atoms with Crippen LogP contribution in [-0.2, 0) is 28.6 Å². The van der Waals surface area contributed by atoms with Crippen LogP contribution in [0, 0.1) is 30.6 Å². The van der Waals surface area contributed by atoms with E-state index in [2.05, 4.69) is 5.32 Å². The molecule has 3 heterocycles. The summed E-state index contributed by atoms with van der Waals surface area (Å²) < 4.78 is 28.9. The molecule has 54 heavy (non-hydrogen) atoms. The Hall–Kier alpha value is -5.12. The molecule has 0 spiro atoms. The standard InChI is InChI=1S/C39H49NO14/c1-17-11-10-12-18(2)38(49)40-24-15-26(51-16-27(42)43)28-29(34(24)47)33(46)22(6)36-30(28)37(48)39(8,54-36)52-14-13-25(50-9)19(3)35(53-23(7)41)21(5)32(45)20(4)31(17)44/h10-15,17,19-21,25,31-32,35,44-47H,16H2,1-9H3,(H,40,49)(H,42,43)/b11-10+,14-13+,18-12-/t17-,19-,20+,21-,25-,31-,32+,35+,39-/m0/s1. The number of allylic oxidation sites excluding steroid dienone is 2. The number of ether oxygens (including phenoxy) is 5. The quantitative estimate of drug-likeness (QED) is 0.182. The van der Waals surface area contributed by atoms with E-state index in [-0.39, 0.29) is 44.7 Å². The minimum atomic E-state index is -2.05. The normalized spacial score (nSPS) is 31.5. The number of fused-ring (bicyclic) bond motifs is 14. The van der Waals surface area contributed by atoms with Crippen LogP contribution in [0.15, 0.2) is 42.2 Å². The molecule has 0 aliphatic carbocycles. The third-order valence-corrected chi connectivity index (χ3v) is 10.2. The second kappa shape index (κ2) is 16.5. The van der Waals surface area contributed by atoms with Gasteiger partial charge in [0.2, 0.25) is 0 Å². The number of nitrogens with one attached hydrogen (secondary N) is 1. The Morgan fingerprint density at radius 2 is 1.63 bits per heavy atom. The summed E-state index contributed by atoms with van der Waals surface area (Å²) >= 11 is 0. The predicted molar refractivity (Wildman–Crippen MR) is 195 cm³/mol. The number of esters is 1. The zero-order valence-corrected chi connectivity index (χ0v) is 31.7. The maximum Gasteiger partial charge on any atom is 0.341 e. The summed E-state index contributed by atoms with van der Waals surface area (Å²) in [5, 5.41) is 57.0. The van der Waals surface area contributed by atoms with Crippen molar-refractivity contribution < 1.29 is 68.4 Å².